The molecule has 4 heterocycles. The number of ether oxygens (including phenoxy) is 3. The van der Waals surface area contributed by atoms with Crippen molar-refractivity contribution in [1.29, 1.82) is 0 Å². The van der Waals surface area contributed by atoms with Gasteiger partial charge in [0.15, 0.2) is 0 Å². The van der Waals surface area contributed by atoms with Gasteiger partial charge in [-0.2, -0.15) is 4.98 Å². The van der Waals surface area contributed by atoms with Crippen molar-refractivity contribution in [1.82, 2.24) is 19.4 Å². The number of aryl methyl sites for hydroxylation is 2. The molecule has 4 bridgehead atoms. The van der Waals surface area contributed by atoms with Gasteiger partial charge in [0.1, 0.15) is 35.0 Å². The van der Waals surface area contributed by atoms with Crippen molar-refractivity contribution in [2.75, 3.05) is 62.1 Å². The first-order valence-corrected chi connectivity index (χ1v) is 16.6. The molecule has 0 atom stereocenters. The van der Waals surface area contributed by atoms with E-state index in [1.54, 1.807) is 15.7 Å². The molecule has 0 unspecified atom stereocenters. The number of aromatic nitrogens is 3. The summed E-state index contributed by atoms with van der Waals surface area (Å²) in [5.41, 5.74) is 3.45. The first-order chi connectivity index (χ1) is 23.0. The number of carbonyl (C=O) groups excluding carboxylic acids is 1. The van der Waals surface area contributed by atoms with Gasteiger partial charge in [-0.25, -0.2) is 9.78 Å². The highest BCUT2D eigenvalue weighted by atomic mass is 16.6. The number of nitrogens with one attached hydrogen (secondary N) is 1. The summed E-state index contributed by atoms with van der Waals surface area (Å²) in [6.45, 7) is 10.7. The normalized spacial score (nSPS) is 15.1. The molecule has 254 valence electrons. The lowest BCUT2D eigenvalue weighted by atomic mass is 10.1. The van der Waals surface area contributed by atoms with Crippen molar-refractivity contribution in [3.8, 4) is 11.5 Å². The fraction of sp³-hybridized carbons (Fsp3) is 0.444. The molecule has 0 spiro atoms. The Bertz CT molecular complexity index is 1870. The van der Waals surface area contributed by atoms with E-state index in [1.807, 2.05) is 89.2 Å². The average molecular weight is 656 g/mol. The summed E-state index contributed by atoms with van der Waals surface area (Å²) >= 11 is 0. The monoisotopic (exact) mass is 655 g/mol. The van der Waals surface area contributed by atoms with Crippen molar-refractivity contribution in [3.63, 3.8) is 0 Å². The Morgan fingerprint density at radius 2 is 1.88 bits per heavy atom. The van der Waals surface area contributed by atoms with Gasteiger partial charge in [0.2, 0.25) is 5.95 Å². The van der Waals surface area contributed by atoms with Crippen molar-refractivity contribution >= 4 is 45.8 Å². The van der Waals surface area contributed by atoms with Crippen LogP contribution in [0.4, 0.5) is 33.5 Å². The van der Waals surface area contributed by atoms with Crippen LogP contribution in [0, 0.1) is 6.92 Å². The topological polar surface area (TPSA) is 114 Å². The summed E-state index contributed by atoms with van der Waals surface area (Å²) in [5, 5.41) is 4.05. The van der Waals surface area contributed by atoms with Gasteiger partial charge < -0.3 is 29.3 Å². The van der Waals surface area contributed by atoms with Crippen molar-refractivity contribution in [3.05, 3.63) is 64.6 Å². The number of carbonyl (C=O) groups is 1. The van der Waals surface area contributed by atoms with Crippen LogP contribution in [0.3, 0.4) is 0 Å². The molecular weight excluding hydrogens is 610 g/mol. The molecule has 2 aliphatic heterocycles. The molecule has 2 aromatic heterocycles. The first-order valence-electron chi connectivity index (χ1n) is 16.6. The Labute approximate surface area is 281 Å². The number of amides is 1. The van der Waals surface area contributed by atoms with Gasteiger partial charge >= 0.3 is 6.09 Å². The first kappa shape index (κ1) is 33.1. The SMILES string of the molecule is Cc1cccc2c1N(C(=O)OC(C)(C)C)CCN2c1cc2cnc3nc2n(c1=O)CCCCCOc1cc(cc(OCCN(C)C)c1)N3. The van der Waals surface area contributed by atoms with Crippen LogP contribution < -0.4 is 30.1 Å². The largest absolute Gasteiger partial charge is 0.493 e. The number of benzene rings is 2. The Balaban J connectivity index is 1.38. The smallest absolute Gasteiger partial charge is 0.414 e. The lowest BCUT2D eigenvalue weighted by molar-refractivity contribution is 0.0580. The van der Waals surface area contributed by atoms with E-state index in [2.05, 4.69) is 15.2 Å². The lowest BCUT2D eigenvalue weighted by Gasteiger charge is -2.39. The summed E-state index contributed by atoms with van der Waals surface area (Å²) in [6, 6.07) is 13.4. The number of anilines is 5. The van der Waals surface area contributed by atoms with E-state index in [0.29, 0.717) is 61.6 Å². The molecule has 4 aromatic rings. The predicted octanol–water partition coefficient (Wildman–Crippen LogP) is 6.24. The quantitative estimate of drug-likeness (QED) is 0.265. The van der Waals surface area contributed by atoms with Crippen LogP contribution in [0.15, 0.2) is 53.5 Å². The van der Waals surface area contributed by atoms with E-state index in [4.69, 9.17) is 19.2 Å². The Kier molecular flexibility index (Phi) is 9.45. The van der Waals surface area contributed by atoms with Crippen molar-refractivity contribution < 1.29 is 19.0 Å². The Morgan fingerprint density at radius 3 is 2.67 bits per heavy atom. The zero-order valence-corrected chi connectivity index (χ0v) is 28.7. The third kappa shape index (κ3) is 7.33. The second kappa shape index (κ2) is 13.7. The van der Waals surface area contributed by atoms with Crippen LogP contribution in [-0.2, 0) is 11.3 Å². The van der Waals surface area contributed by atoms with Crippen LogP contribution in [0.25, 0.3) is 11.0 Å². The number of para-hydroxylation sites is 1. The van der Waals surface area contributed by atoms with Crippen LogP contribution in [0.2, 0.25) is 0 Å². The molecule has 1 amide bonds. The minimum Gasteiger partial charge on any atom is -0.493 e. The minimum absolute atomic E-state index is 0.146. The summed E-state index contributed by atoms with van der Waals surface area (Å²) in [7, 11) is 4.01. The molecule has 1 N–H and O–H groups in total. The van der Waals surface area contributed by atoms with Crippen LogP contribution >= 0.6 is 0 Å². The van der Waals surface area contributed by atoms with E-state index in [0.717, 1.165) is 53.8 Å². The van der Waals surface area contributed by atoms with E-state index in [-0.39, 0.29) is 5.56 Å². The lowest BCUT2D eigenvalue weighted by Crippen LogP contribution is -2.46. The number of fused-ring (bicyclic) bond motifs is 4. The molecule has 12 nitrogen and oxygen atoms in total. The highest BCUT2D eigenvalue weighted by molar-refractivity contribution is 5.97. The van der Waals surface area contributed by atoms with Crippen LogP contribution in [0.5, 0.6) is 11.5 Å². The zero-order valence-electron chi connectivity index (χ0n) is 28.7. The number of rotatable bonds is 5. The number of likely N-dealkylation sites (N-methyl/N-ethyl adjacent to an activating group) is 1. The van der Waals surface area contributed by atoms with Gasteiger partial charge in [-0.15, -0.1) is 0 Å². The maximum Gasteiger partial charge on any atom is 0.414 e. The maximum absolute atomic E-state index is 14.4. The van der Waals surface area contributed by atoms with Gasteiger partial charge in [-0.1, -0.05) is 12.1 Å². The van der Waals surface area contributed by atoms with Crippen LogP contribution in [-0.4, -0.2) is 78.1 Å². The fourth-order valence-electron chi connectivity index (χ4n) is 6.02. The van der Waals surface area contributed by atoms with Gasteiger partial charge in [-0.3, -0.25) is 14.3 Å². The molecular formula is C36H45N7O5. The highest BCUT2D eigenvalue weighted by Gasteiger charge is 2.33. The molecule has 0 saturated carbocycles. The molecule has 2 aromatic carbocycles. The maximum atomic E-state index is 14.4. The molecule has 0 fully saturated rings. The van der Waals surface area contributed by atoms with Gasteiger partial charge in [-0.05, 0) is 78.7 Å². The van der Waals surface area contributed by atoms with Crippen LogP contribution in [0.1, 0.15) is 45.6 Å². The number of hydrogen-bond acceptors (Lipinski definition) is 10. The second-order valence-electron chi connectivity index (χ2n) is 13.6. The number of nitrogens with zero attached hydrogens (tertiary/aromatic N) is 6. The third-order valence-corrected chi connectivity index (χ3v) is 8.28. The van der Waals surface area contributed by atoms with E-state index in [1.165, 1.54) is 0 Å². The highest BCUT2D eigenvalue weighted by Crippen LogP contribution is 2.40. The molecule has 6 rings (SSSR count). The number of hydrogen-bond donors (Lipinski definition) is 1. The Hall–Kier alpha value is -4.84. The zero-order chi connectivity index (χ0) is 34.0. The predicted molar refractivity (Wildman–Crippen MR) is 189 cm³/mol. The summed E-state index contributed by atoms with van der Waals surface area (Å²) in [6.07, 6.45) is 3.82. The number of pyridine rings is 1. The summed E-state index contributed by atoms with van der Waals surface area (Å²) < 4.78 is 19.6. The van der Waals surface area contributed by atoms with Gasteiger partial charge in [0, 0.05) is 61.6 Å². The molecule has 0 saturated heterocycles. The third-order valence-electron chi connectivity index (χ3n) is 8.28. The minimum atomic E-state index is -0.633. The van der Waals surface area contributed by atoms with E-state index in [9.17, 15) is 9.59 Å². The van der Waals surface area contributed by atoms with E-state index >= 15 is 0 Å². The fourth-order valence-corrected chi connectivity index (χ4v) is 6.02. The molecule has 0 radical (unpaired) electrons. The van der Waals surface area contributed by atoms with Crippen molar-refractivity contribution in [2.45, 2.75) is 59.1 Å². The van der Waals surface area contributed by atoms with Crippen molar-refractivity contribution in [2.24, 2.45) is 0 Å². The second-order valence-corrected chi connectivity index (χ2v) is 13.6. The molecule has 12 heteroatoms. The van der Waals surface area contributed by atoms with Gasteiger partial charge in [0.25, 0.3) is 5.56 Å². The van der Waals surface area contributed by atoms with E-state index < -0.39 is 11.7 Å². The summed E-state index contributed by atoms with van der Waals surface area (Å²) in [5.74, 6) is 1.76. The molecule has 2 aliphatic rings. The molecule has 48 heavy (non-hydrogen) atoms. The van der Waals surface area contributed by atoms with Gasteiger partial charge in [0.05, 0.1) is 18.0 Å². The Morgan fingerprint density at radius 1 is 1.04 bits per heavy atom. The average Bonchev–Trinajstić information content (AvgIpc) is 3.02. The standard InChI is InChI=1S/C36H45N7O5/c1-24-11-10-12-29-31(24)42(35(45)48-36(2,3)4)15-14-41(29)30-19-25-23-37-34-38-26-20-27(22-28(21-26)47-18-16-40(5)6)46-17-9-7-8-13-43(33(30)44)32(25)39-34/h10-12,19-23H,7-9,13-18H2,1-6H3,(H,37,38,39). The summed E-state index contributed by atoms with van der Waals surface area (Å²) in [4.78, 5) is 42.9. The molecule has 0 aliphatic carbocycles.